The van der Waals surface area contributed by atoms with Gasteiger partial charge in [-0.15, -0.1) is 0 Å². The number of nitrogens with one attached hydrogen (secondary N) is 1. The van der Waals surface area contributed by atoms with E-state index >= 15 is 0 Å². The van der Waals surface area contributed by atoms with Gasteiger partial charge in [-0.2, -0.15) is 0 Å². The van der Waals surface area contributed by atoms with E-state index in [1.165, 1.54) is 12.1 Å². The molecule has 1 saturated heterocycles. The standard InChI is InChI=1S/C12H15FN2O/c1-15-7-6-14-11(8-15)12(16)9-4-2-3-5-10(9)13/h2-5,11,14H,6-8H2,1H3. The zero-order valence-corrected chi connectivity index (χ0v) is 9.24. The van der Waals surface area contributed by atoms with Crippen molar-refractivity contribution in [1.82, 2.24) is 10.2 Å². The maximum Gasteiger partial charge on any atom is 0.183 e. The number of ketones is 1. The Balaban J connectivity index is 2.16. The molecule has 1 fully saturated rings. The fraction of sp³-hybridized carbons (Fsp3) is 0.417. The molecule has 1 unspecified atom stereocenters. The average molecular weight is 222 g/mol. The molecular formula is C12H15FN2O. The van der Waals surface area contributed by atoms with E-state index in [0.29, 0.717) is 6.54 Å². The van der Waals surface area contributed by atoms with Crippen molar-refractivity contribution in [2.75, 3.05) is 26.7 Å². The second-order valence-corrected chi connectivity index (χ2v) is 4.11. The lowest BCUT2D eigenvalue weighted by atomic mass is 10.0. The van der Waals surface area contributed by atoms with Gasteiger partial charge >= 0.3 is 0 Å². The summed E-state index contributed by atoms with van der Waals surface area (Å²) in [6, 6.07) is 5.83. The molecule has 86 valence electrons. The lowest BCUT2D eigenvalue weighted by molar-refractivity contribution is 0.0890. The van der Waals surface area contributed by atoms with Gasteiger partial charge in [-0.05, 0) is 19.2 Å². The molecule has 0 radical (unpaired) electrons. The number of piperazine rings is 1. The molecule has 1 aliphatic heterocycles. The summed E-state index contributed by atoms with van der Waals surface area (Å²) in [6.07, 6.45) is 0. The van der Waals surface area contributed by atoms with Gasteiger partial charge in [-0.25, -0.2) is 4.39 Å². The number of nitrogens with zero attached hydrogens (tertiary/aromatic N) is 1. The van der Waals surface area contributed by atoms with E-state index < -0.39 is 5.82 Å². The molecule has 1 aromatic rings. The molecule has 0 aromatic heterocycles. The van der Waals surface area contributed by atoms with E-state index in [2.05, 4.69) is 10.2 Å². The average Bonchev–Trinajstić information content (AvgIpc) is 2.29. The first kappa shape index (κ1) is 11.2. The van der Waals surface area contributed by atoms with Gasteiger partial charge in [0.25, 0.3) is 0 Å². The highest BCUT2D eigenvalue weighted by Gasteiger charge is 2.25. The van der Waals surface area contributed by atoms with Gasteiger partial charge in [-0.1, -0.05) is 12.1 Å². The van der Waals surface area contributed by atoms with Gasteiger partial charge < -0.3 is 10.2 Å². The third kappa shape index (κ3) is 2.28. The van der Waals surface area contributed by atoms with Crippen molar-refractivity contribution in [3.63, 3.8) is 0 Å². The predicted molar refractivity (Wildman–Crippen MR) is 60.0 cm³/mol. The van der Waals surface area contributed by atoms with Crippen LogP contribution in [-0.4, -0.2) is 43.4 Å². The zero-order valence-electron chi connectivity index (χ0n) is 9.24. The van der Waals surface area contributed by atoms with Gasteiger partial charge in [0, 0.05) is 19.6 Å². The zero-order chi connectivity index (χ0) is 11.5. The Bertz CT molecular complexity index is 394. The third-order valence-corrected chi connectivity index (χ3v) is 2.83. The molecule has 0 saturated carbocycles. The number of rotatable bonds is 2. The maximum absolute atomic E-state index is 13.4. The van der Waals surface area contributed by atoms with Crippen LogP contribution < -0.4 is 5.32 Å². The van der Waals surface area contributed by atoms with Gasteiger partial charge in [0.1, 0.15) is 5.82 Å². The van der Waals surface area contributed by atoms with Crippen molar-refractivity contribution in [3.8, 4) is 0 Å². The number of carbonyl (C=O) groups excluding carboxylic acids is 1. The minimum Gasteiger partial charge on any atom is -0.305 e. The van der Waals surface area contributed by atoms with E-state index in [4.69, 9.17) is 0 Å². The first-order chi connectivity index (χ1) is 7.68. The van der Waals surface area contributed by atoms with E-state index in [1.54, 1.807) is 12.1 Å². The van der Waals surface area contributed by atoms with Crippen LogP contribution in [0.25, 0.3) is 0 Å². The van der Waals surface area contributed by atoms with Crippen molar-refractivity contribution in [2.24, 2.45) is 0 Å². The van der Waals surface area contributed by atoms with Crippen LogP contribution >= 0.6 is 0 Å². The molecule has 0 amide bonds. The summed E-state index contributed by atoms with van der Waals surface area (Å²) in [5, 5.41) is 3.12. The molecule has 16 heavy (non-hydrogen) atoms. The minimum absolute atomic E-state index is 0.162. The quantitative estimate of drug-likeness (QED) is 0.755. The van der Waals surface area contributed by atoms with Crippen molar-refractivity contribution < 1.29 is 9.18 Å². The Labute approximate surface area is 94.3 Å². The van der Waals surface area contributed by atoms with Gasteiger partial charge in [0.2, 0.25) is 0 Å². The monoisotopic (exact) mass is 222 g/mol. The summed E-state index contributed by atoms with van der Waals surface area (Å²) in [5.41, 5.74) is 0.176. The van der Waals surface area contributed by atoms with Crippen LogP contribution in [0.3, 0.4) is 0 Å². The summed E-state index contributed by atoms with van der Waals surface area (Å²) < 4.78 is 13.4. The Morgan fingerprint density at radius 2 is 2.25 bits per heavy atom. The third-order valence-electron chi connectivity index (χ3n) is 2.83. The highest BCUT2D eigenvalue weighted by Crippen LogP contribution is 2.11. The largest absolute Gasteiger partial charge is 0.305 e. The summed E-state index contributed by atoms with van der Waals surface area (Å²) >= 11 is 0. The molecule has 3 nitrogen and oxygen atoms in total. The van der Waals surface area contributed by atoms with E-state index in [1.807, 2.05) is 7.05 Å². The van der Waals surface area contributed by atoms with Crippen LogP contribution in [0.2, 0.25) is 0 Å². The number of carbonyl (C=O) groups is 1. The molecule has 4 heteroatoms. The highest BCUT2D eigenvalue weighted by atomic mass is 19.1. The van der Waals surface area contributed by atoms with Crippen LogP contribution in [0.5, 0.6) is 0 Å². The fourth-order valence-corrected chi connectivity index (χ4v) is 1.92. The van der Waals surface area contributed by atoms with Crippen LogP contribution in [0, 0.1) is 5.82 Å². The van der Waals surface area contributed by atoms with Gasteiger partial charge in [-0.3, -0.25) is 4.79 Å². The van der Waals surface area contributed by atoms with Crippen LogP contribution in [0.15, 0.2) is 24.3 Å². The van der Waals surface area contributed by atoms with Crippen molar-refractivity contribution in [1.29, 1.82) is 0 Å². The Morgan fingerprint density at radius 1 is 1.50 bits per heavy atom. The molecule has 0 spiro atoms. The summed E-state index contributed by atoms with van der Waals surface area (Å²) in [4.78, 5) is 14.1. The minimum atomic E-state index is -0.442. The van der Waals surface area contributed by atoms with Crippen LogP contribution in [0.4, 0.5) is 4.39 Å². The summed E-state index contributed by atoms with van der Waals surface area (Å²) in [5.74, 6) is -0.604. The lowest BCUT2D eigenvalue weighted by Gasteiger charge is -2.29. The molecular weight excluding hydrogens is 207 g/mol. The molecule has 1 aromatic carbocycles. The number of benzene rings is 1. The number of likely N-dealkylation sites (N-methyl/N-ethyl adjacent to an activating group) is 1. The molecule has 1 heterocycles. The van der Waals surface area contributed by atoms with Crippen LogP contribution in [0.1, 0.15) is 10.4 Å². The first-order valence-corrected chi connectivity index (χ1v) is 5.39. The molecule has 2 rings (SSSR count). The van der Waals surface area contributed by atoms with Gasteiger partial charge in [0.15, 0.2) is 5.78 Å². The van der Waals surface area contributed by atoms with Crippen LogP contribution in [-0.2, 0) is 0 Å². The lowest BCUT2D eigenvalue weighted by Crippen LogP contribution is -2.52. The van der Waals surface area contributed by atoms with Crippen molar-refractivity contribution >= 4 is 5.78 Å². The summed E-state index contributed by atoms with van der Waals surface area (Å²) in [7, 11) is 1.96. The maximum atomic E-state index is 13.4. The SMILES string of the molecule is CN1CCNC(C(=O)c2ccccc2F)C1. The molecule has 1 aliphatic rings. The smallest absolute Gasteiger partial charge is 0.183 e. The highest BCUT2D eigenvalue weighted by molar-refractivity contribution is 6.00. The van der Waals surface area contributed by atoms with E-state index in [0.717, 1.165) is 13.1 Å². The molecule has 0 aliphatic carbocycles. The second-order valence-electron chi connectivity index (χ2n) is 4.11. The Hall–Kier alpha value is -1.26. The fourth-order valence-electron chi connectivity index (χ4n) is 1.92. The predicted octanol–water partition coefficient (Wildman–Crippen LogP) is 0.912. The Morgan fingerprint density at radius 3 is 2.94 bits per heavy atom. The first-order valence-electron chi connectivity index (χ1n) is 5.39. The Kier molecular flexibility index (Phi) is 3.31. The number of hydrogen-bond donors (Lipinski definition) is 1. The number of hydrogen-bond acceptors (Lipinski definition) is 3. The van der Waals surface area contributed by atoms with Crippen molar-refractivity contribution in [3.05, 3.63) is 35.6 Å². The number of Topliss-reactive ketones (excluding diaryl/α,β-unsaturated/α-hetero) is 1. The van der Waals surface area contributed by atoms with E-state index in [-0.39, 0.29) is 17.4 Å². The number of halogens is 1. The summed E-state index contributed by atoms with van der Waals surface area (Å²) in [6.45, 7) is 2.32. The topological polar surface area (TPSA) is 32.3 Å². The van der Waals surface area contributed by atoms with Crippen molar-refractivity contribution in [2.45, 2.75) is 6.04 Å². The second kappa shape index (κ2) is 4.72. The van der Waals surface area contributed by atoms with Gasteiger partial charge in [0.05, 0.1) is 11.6 Å². The normalized spacial score (nSPS) is 22.0. The molecule has 0 bridgehead atoms. The molecule has 1 atom stereocenters. The molecule has 1 N–H and O–H groups in total. The van der Waals surface area contributed by atoms with E-state index in [9.17, 15) is 9.18 Å².